The van der Waals surface area contributed by atoms with Crippen molar-refractivity contribution in [1.29, 1.82) is 0 Å². The molecule has 0 amide bonds. The molecule has 6 heteroatoms. The van der Waals surface area contributed by atoms with Gasteiger partial charge in [0, 0.05) is 6.04 Å². The Hall–Kier alpha value is -1.14. The van der Waals surface area contributed by atoms with Gasteiger partial charge in [-0.15, -0.1) is 0 Å². The number of halogens is 4. The molecule has 0 spiro atoms. The van der Waals surface area contributed by atoms with Crippen LogP contribution in [0.2, 0.25) is 0 Å². The fraction of sp³-hybridized carbons (Fsp3) is 0.571. The first-order chi connectivity index (χ1) is 9.34. The van der Waals surface area contributed by atoms with Crippen molar-refractivity contribution < 1.29 is 17.6 Å². The van der Waals surface area contributed by atoms with Crippen molar-refractivity contribution >= 4 is 0 Å². The van der Waals surface area contributed by atoms with E-state index in [-0.39, 0.29) is 12.0 Å². The van der Waals surface area contributed by atoms with Gasteiger partial charge >= 0.3 is 6.18 Å². The second-order valence-electron chi connectivity index (χ2n) is 5.27. The maximum atomic E-state index is 13.3. The molecule has 112 valence electrons. The molecule has 0 bridgehead atoms. The second-order valence-corrected chi connectivity index (χ2v) is 5.27. The van der Waals surface area contributed by atoms with Crippen molar-refractivity contribution in [1.82, 2.24) is 10.2 Å². The Balaban J connectivity index is 2.37. The average molecular weight is 290 g/mol. The standard InChI is InChI=1S/C14H18F4N2/c1-19-8-10-5-6-20(2)13(10)9-3-4-12(15)11(7-9)14(16,17)18/h3-4,7,10,13,19H,5-6,8H2,1-2H3. The lowest BCUT2D eigenvalue weighted by atomic mass is 9.92. The molecule has 20 heavy (non-hydrogen) atoms. The maximum absolute atomic E-state index is 13.3. The Morgan fingerprint density at radius 2 is 2.05 bits per heavy atom. The number of rotatable bonds is 3. The number of benzene rings is 1. The van der Waals surface area contributed by atoms with Gasteiger partial charge < -0.3 is 5.32 Å². The highest BCUT2D eigenvalue weighted by Crippen LogP contribution is 2.39. The van der Waals surface area contributed by atoms with Gasteiger partial charge in [0.2, 0.25) is 0 Å². The van der Waals surface area contributed by atoms with Crippen molar-refractivity contribution in [2.75, 3.05) is 27.2 Å². The Kier molecular flexibility index (Phi) is 4.34. The van der Waals surface area contributed by atoms with Gasteiger partial charge in [0.1, 0.15) is 5.82 Å². The van der Waals surface area contributed by atoms with E-state index in [0.29, 0.717) is 5.56 Å². The molecule has 2 rings (SSSR count). The quantitative estimate of drug-likeness (QED) is 0.861. The highest BCUT2D eigenvalue weighted by atomic mass is 19.4. The smallest absolute Gasteiger partial charge is 0.319 e. The zero-order valence-electron chi connectivity index (χ0n) is 11.5. The average Bonchev–Trinajstić information content (AvgIpc) is 2.71. The molecule has 1 aromatic carbocycles. The van der Waals surface area contributed by atoms with Gasteiger partial charge in [-0.1, -0.05) is 6.07 Å². The van der Waals surface area contributed by atoms with Crippen LogP contribution in [-0.4, -0.2) is 32.1 Å². The topological polar surface area (TPSA) is 15.3 Å². The van der Waals surface area contributed by atoms with Gasteiger partial charge in [-0.25, -0.2) is 4.39 Å². The summed E-state index contributed by atoms with van der Waals surface area (Å²) in [6.07, 6.45) is -3.74. The molecule has 1 heterocycles. The second kappa shape index (κ2) is 5.69. The highest BCUT2D eigenvalue weighted by Gasteiger charge is 2.37. The van der Waals surface area contributed by atoms with E-state index < -0.39 is 17.6 Å². The SMILES string of the molecule is CNCC1CCN(C)C1c1ccc(F)c(C(F)(F)F)c1. The lowest BCUT2D eigenvalue weighted by Crippen LogP contribution is -2.27. The van der Waals surface area contributed by atoms with Crippen molar-refractivity contribution in [2.24, 2.45) is 5.92 Å². The summed E-state index contributed by atoms with van der Waals surface area (Å²) in [5.41, 5.74) is -0.655. The van der Waals surface area contributed by atoms with E-state index in [4.69, 9.17) is 0 Å². The zero-order valence-corrected chi connectivity index (χ0v) is 11.5. The largest absolute Gasteiger partial charge is 0.419 e. The van der Waals surface area contributed by atoms with Crippen LogP contribution in [0.5, 0.6) is 0 Å². The van der Waals surface area contributed by atoms with Crippen molar-refractivity contribution in [3.63, 3.8) is 0 Å². The Morgan fingerprint density at radius 1 is 1.35 bits per heavy atom. The van der Waals surface area contributed by atoms with Crippen molar-refractivity contribution in [3.05, 3.63) is 35.1 Å². The van der Waals surface area contributed by atoms with Crippen molar-refractivity contribution in [2.45, 2.75) is 18.6 Å². The van der Waals surface area contributed by atoms with Gasteiger partial charge in [-0.05, 0) is 57.2 Å². The molecule has 1 N–H and O–H groups in total. The fourth-order valence-electron chi connectivity index (χ4n) is 2.97. The number of hydrogen-bond acceptors (Lipinski definition) is 2. The molecular weight excluding hydrogens is 272 g/mol. The van der Waals surface area contributed by atoms with E-state index >= 15 is 0 Å². The molecule has 0 aliphatic carbocycles. The summed E-state index contributed by atoms with van der Waals surface area (Å²) in [4.78, 5) is 2.02. The molecule has 1 aliphatic heterocycles. The molecule has 0 aromatic heterocycles. The maximum Gasteiger partial charge on any atom is 0.419 e. The molecule has 2 unspecified atom stereocenters. The molecule has 1 aliphatic rings. The summed E-state index contributed by atoms with van der Waals surface area (Å²) in [6, 6.07) is 3.22. The summed E-state index contributed by atoms with van der Waals surface area (Å²) in [6.45, 7) is 1.56. The summed E-state index contributed by atoms with van der Waals surface area (Å²) in [7, 11) is 3.71. The minimum absolute atomic E-state index is 0.107. The third kappa shape index (κ3) is 2.96. The third-order valence-corrected chi connectivity index (χ3v) is 3.88. The van der Waals surface area contributed by atoms with E-state index in [1.807, 2.05) is 19.0 Å². The van der Waals surface area contributed by atoms with Gasteiger partial charge in [-0.3, -0.25) is 4.90 Å². The number of nitrogens with zero attached hydrogens (tertiary/aromatic N) is 1. The number of alkyl halides is 3. The normalized spacial score (nSPS) is 24.3. The molecule has 2 atom stereocenters. The molecular formula is C14H18F4N2. The van der Waals surface area contributed by atoms with E-state index in [2.05, 4.69) is 5.32 Å². The van der Waals surface area contributed by atoms with Gasteiger partial charge in [0.25, 0.3) is 0 Å². The molecule has 0 radical (unpaired) electrons. The summed E-state index contributed by atoms with van der Waals surface area (Å²) < 4.78 is 51.7. The van der Waals surface area contributed by atoms with Crippen LogP contribution in [0.1, 0.15) is 23.6 Å². The van der Waals surface area contributed by atoms with Crippen LogP contribution in [0.3, 0.4) is 0 Å². The third-order valence-electron chi connectivity index (χ3n) is 3.88. The van der Waals surface area contributed by atoms with E-state index in [1.165, 1.54) is 6.07 Å². The van der Waals surface area contributed by atoms with Crippen LogP contribution in [0.4, 0.5) is 17.6 Å². The fourth-order valence-corrected chi connectivity index (χ4v) is 2.97. The predicted octanol–water partition coefficient (Wildman–Crippen LogP) is 3.06. The van der Waals surface area contributed by atoms with Crippen LogP contribution in [0.15, 0.2) is 18.2 Å². The number of nitrogens with one attached hydrogen (secondary N) is 1. The minimum atomic E-state index is -4.66. The minimum Gasteiger partial charge on any atom is -0.319 e. The van der Waals surface area contributed by atoms with Crippen LogP contribution >= 0.6 is 0 Å². The molecule has 1 aromatic rings. The van der Waals surface area contributed by atoms with Gasteiger partial charge in [-0.2, -0.15) is 13.2 Å². The zero-order chi connectivity index (χ0) is 14.9. The predicted molar refractivity (Wildman–Crippen MR) is 68.8 cm³/mol. The van der Waals surface area contributed by atoms with Gasteiger partial charge in [0.05, 0.1) is 5.56 Å². The first kappa shape index (κ1) is 15.3. The summed E-state index contributed by atoms with van der Waals surface area (Å²) in [5, 5.41) is 3.06. The number of likely N-dealkylation sites (tertiary alicyclic amines) is 1. The van der Waals surface area contributed by atoms with E-state index in [1.54, 1.807) is 0 Å². The van der Waals surface area contributed by atoms with Crippen LogP contribution in [0, 0.1) is 11.7 Å². The van der Waals surface area contributed by atoms with Crippen LogP contribution in [0.25, 0.3) is 0 Å². The molecule has 2 nitrogen and oxygen atoms in total. The van der Waals surface area contributed by atoms with Crippen LogP contribution < -0.4 is 5.32 Å². The summed E-state index contributed by atoms with van der Waals surface area (Å²) in [5.74, 6) is -0.983. The van der Waals surface area contributed by atoms with Crippen molar-refractivity contribution in [3.8, 4) is 0 Å². The Bertz CT molecular complexity index is 471. The molecule has 1 fully saturated rings. The first-order valence-corrected chi connectivity index (χ1v) is 6.56. The summed E-state index contributed by atoms with van der Waals surface area (Å²) >= 11 is 0. The van der Waals surface area contributed by atoms with Gasteiger partial charge in [0.15, 0.2) is 0 Å². The number of hydrogen-bond donors (Lipinski definition) is 1. The lowest BCUT2D eigenvalue weighted by Gasteiger charge is -2.26. The first-order valence-electron chi connectivity index (χ1n) is 6.56. The Labute approximate surface area is 115 Å². The lowest BCUT2D eigenvalue weighted by molar-refractivity contribution is -0.140. The highest BCUT2D eigenvalue weighted by molar-refractivity contribution is 5.30. The van der Waals surface area contributed by atoms with Crippen LogP contribution in [-0.2, 0) is 6.18 Å². The molecule has 1 saturated heterocycles. The Morgan fingerprint density at radius 3 is 2.65 bits per heavy atom. The van der Waals surface area contributed by atoms with E-state index in [0.717, 1.165) is 31.6 Å². The van der Waals surface area contributed by atoms with E-state index in [9.17, 15) is 17.6 Å². The monoisotopic (exact) mass is 290 g/mol. The molecule has 0 saturated carbocycles.